The lowest BCUT2D eigenvalue weighted by molar-refractivity contribution is -0.135. The van der Waals surface area contributed by atoms with Crippen molar-refractivity contribution in [3.63, 3.8) is 0 Å². The van der Waals surface area contributed by atoms with E-state index in [4.69, 9.17) is 9.26 Å². The summed E-state index contributed by atoms with van der Waals surface area (Å²) in [5.41, 5.74) is 1.44. The minimum Gasteiger partial charge on any atom is -0.447 e. The summed E-state index contributed by atoms with van der Waals surface area (Å²) in [5.74, 6) is -2.29. The van der Waals surface area contributed by atoms with Crippen LogP contribution in [-0.2, 0) is 20.7 Å². The molecule has 1 saturated heterocycles. The van der Waals surface area contributed by atoms with Crippen LogP contribution in [0.15, 0.2) is 59.1 Å². The van der Waals surface area contributed by atoms with E-state index in [1.54, 1.807) is 11.0 Å². The summed E-state index contributed by atoms with van der Waals surface area (Å²) in [6.07, 6.45) is -0.523. The van der Waals surface area contributed by atoms with E-state index < -0.39 is 23.8 Å². The molecule has 226 valence electrons. The third-order valence-electron chi connectivity index (χ3n) is 6.95. The summed E-state index contributed by atoms with van der Waals surface area (Å²) in [6, 6.07) is 14.0. The molecular weight excluding hydrogens is 548 g/mol. The predicted octanol–water partition coefficient (Wildman–Crippen LogP) is 4.48. The quantitative estimate of drug-likeness (QED) is 0.341. The third kappa shape index (κ3) is 8.84. The first-order valence-corrected chi connectivity index (χ1v) is 13.4. The van der Waals surface area contributed by atoms with E-state index in [-0.39, 0.29) is 63.0 Å². The van der Waals surface area contributed by atoms with E-state index in [2.05, 4.69) is 15.8 Å². The summed E-state index contributed by atoms with van der Waals surface area (Å²) in [7, 11) is 1.54. The van der Waals surface area contributed by atoms with Crippen molar-refractivity contribution in [1.29, 1.82) is 0 Å². The van der Waals surface area contributed by atoms with E-state index >= 15 is 0 Å². The van der Waals surface area contributed by atoms with Gasteiger partial charge in [0.2, 0.25) is 17.7 Å². The Morgan fingerprint density at radius 2 is 1.83 bits per heavy atom. The van der Waals surface area contributed by atoms with Gasteiger partial charge in [0.05, 0.1) is 6.04 Å². The van der Waals surface area contributed by atoms with Crippen LogP contribution in [-0.4, -0.2) is 78.7 Å². The van der Waals surface area contributed by atoms with Gasteiger partial charge in [0.1, 0.15) is 12.3 Å². The minimum atomic E-state index is -0.982. The smallest absolute Gasteiger partial charge is 0.414 e. The van der Waals surface area contributed by atoms with Gasteiger partial charge in [-0.2, -0.15) is 0 Å². The lowest BCUT2D eigenvalue weighted by Gasteiger charge is -2.30. The molecule has 10 nitrogen and oxygen atoms in total. The molecule has 0 radical (unpaired) electrons. The van der Waals surface area contributed by atoms with Gasteiger partial charge in [0, 0.05) is 57.7 Å². The van der Waals surface area contributed by atoms with Gasteiger partial charge < -0.3 is 24.4 Å². The Bertz CT molecular complexity index is 1330. The number of hydrogen-bond donors (Lipinski definition) is 2. The molecule has 2 aromatic carbocycles. The fourth-order valence-corrected chi connectivity index (χ4v) is 4.50. The number of hydrogen-bond acceptors (Lipinski definition) is 7. The largest absolute Gasteiger partial charge is 0.447 e. The fraction of sp³-hybridized carbons (Fsp3) is 0.400. The van der Waals surface area contributed by atoms with Crippen LogP contribution in [0.1, 0.15) is 32.3 Å². The number of aryl methyl sites for hydroxylation is 1. The molecule has 42 heavy (non-hydrogen) atoms. The highest BCUT2D eigenvalue weighted by atomic mass is 19.2. The maximum atomic E-state index is 14.1. The Morgan fingerprint density at radius 1 is 1.10 bits per heavy atom. The highest BCUT2D eigenvalue weighted by molar-refractivity contribution is 5.83. The van der Waals surface area contributed by atoms with Crippen molar-refractivity contribution in [3.8, 4) is 11.3 Å². The van der Waals surface area contributed by atoms with E-state index in [0.29, 0.717) is 31.9 Å². The molecule has 3 aromatic rings. The molecule has 12 heteroatoms. The molecule has 0 bridgehead atoms. The summed E-state index contributed by atoms with van der Waals surface area (Å²) >= 11 is 0. The highest BCUT2D eigenvalue weighted by Crippen LogP contribution is 2.21. The van der Waals surface area contributed by atoms with Crippen LogP contribution in [0.2, 0.25) is 0 Å². The monoisotopic (exact) mass is 585 g/mol. The number of aromatic nitrogens is 1. The van der Waals surface area contributed by atoms with E-state index in [1.807, 2.05) is 30.3 Å². The van der Waals surface area contributed by atoms with Crippen molar-refractivity contribution in [2.45, 2.75) is 39.2 Å². The van der Waals surface area contributed by atoms with Crippen molar-refractivity contribution in [3.05, 3.63) is 71.8 Å². The number of amides is 3. The van der Waals surface area contributed by atoms with Gasteiger partial charge in [-0.1, -0.05) is 55.0 Å². The second-order valence-corrected chi connectivity index (χ2v) is 9.71. The van der Waals surface area contributed by atoms with Crippen LogP contribution in [0.5, 0.6) is 0 Å². The lowest BCUT2D eigenvalue weighted by Crippen LogP contribution is -2.47. The zero-order chi connectivity index (χ0) is 29.2. The molecule has 0 unspecified atom stereocenters. The molecule has 0 saturated carbocycles. The second-order valence-electron chi connectivity index (χ2n) is 9.71. The molecule has 2 heterocycles. The number of ether oxygens (including phenoxy) is 1. The Labute approximate surface area is 244 Å². The molecule has 2 N–H and O–H groups in total. The van der Waals surface area contributed by atoms with Gasteiger partial charge >= 0.3 is 6.09 Å². The number of halogens is 2. The van der Waals surface area contributed by atoms with Crippen LogP contribution in [0.25, 0.3) is 11.3 Å². The number of piperazine rings is 1. The van der Waals surface area contributed by atoms with Gasteiger partial charge in [-0.15, -0.1) is 0 Å². The van der Waals surface area contributed by atoms with Crippen molar-refractivity contribution in [2.24, 2.45) is 0 Å². The van der Waals surface area contributed by atoms with Crippen molar-refractivity contribution in [1.82, 2.24) is 20.3 Å². The van der Waals surface area contributed by atoms with Crippen molar-refractivity contribution in [2.75, 3.05) is 45.2 Å². The molecule has 1 aromatic heterocycles. The molecule has 4 rings (SSSR count). The molecule has 0 aliphatic carbocycles. The number of benzene rings is 2. The van der Waals surface area contributed by atoms with E-state index in [0.717, 1.165) is 11.6 Å². The summed E-state index contributed by atoms with van der Waals surface area (Å²) in [5, 5.41) is 9.61. The zero-order valence-electron chi connectivity index (χ0n) is 22.8. The number of nitrogens with zero attached hydrogens (tertiary/aromatic N) is 3. The molecule has 3 amide bonds. The molecular formula is C30H37F2N5O5. The fourth-order valence-electron chi connectivity index (χ4n) is 4.50. The Kier molecular flexibility index (Phi) is 12.0. The van der Waals surface area contributed by atoms with Gasteiger partial charge in [-0.25, -0.2) is 13.6 Å². The van der Waals surface area contributed by atoms with Crippen LogP contribution >= 0.6 is 0 Å². The Balaban J connectivity index is 0.00000484. The van der Waals surface area contributed by atoms with E-state index in [9.17, 15) is 23.2 Å². The molecule has 0 spiro atoms. The average molecular weight is 586 g/mol. The number of nitrogens with one attached hydrogen (secondary N) is 2. The average Bonchev–Trinajstić information content (AvgIpc) is 3.46. The molecule has 1 atom stereocenters. The summed E-state index contributed by atoms with van der Waals surface area (Å²) in [4.78, 5) is 41.4. The second kappa shape index (κ2) is 15.6. The van der Waals surface area contributed by atoms with Gasteiger partial charge in [-0.3, -0.25) is 14.9 Å². The third-order valence-corrected chi connectivity index (χ3v) is 6.95. The van der Waals surface area contributed by atoms with Gasteiger partial charge in [0.15, 0.2) is 11.6 Å². The maximum absolute atomic E-state index is 14.1. The number of rotatable bonds is 11. The number of carbonyl (C=O) groups is 3. The SMILES string of the molecule is C.CN(C(=O)CCc1cccc(F)c1F)[C@@H](CCC(=O)N1CCNCC1)COC(=O)Nc1cc(-c2ccccc2)no1. The van der Waals surface area contributed by atoms with Crippen molar-refractivity contribution >= 4 is 23.8 Å². The highest BCUT2D eigenvalue weighted by Gasteiger charge is 2.25. The summed E-state index contributed by atoms with van der Waals surface area (Å²) < 4.78 is 38.2. The van der Waals surface area contributed by atoms with Crippen LogP contribution in [0.3, 0.4) is 0 Å². The maximum Gasteiger partial charge on any atom is 0.414 e. The van der Waals surface area contributed by atoms with Crippen molar-refractivity contribution < 1.29 is 32.4 Å². The molecule has 1 aliphatic rings. The normalized spacial score (nSPS) is 13.5. The van der Waals surface area contributed by atoms with E-state index in [1.165, 1.54) is 24.1 Å². The molecule has 1 aliphatic heterocycles. The predicted molar refractivity (Wildman–Crippen MR) is 154 cm³/mol. The summed E-state index contributed by atoms with van der Waals surface area (Å²) in [6.45, 7) is 2.41. The lowest BCUT2D eigenvalue weighted by atomic mass is 10.1. The number of likely N-dealkylation sites (N-methyl/N-ethyl adjacent to an activating group) is 1. The first-order valence-electron chi connectivity index (χ1n) is 13.4. The first-order chi connectivity index (χ1) is 19.8. The Hall–Kier alpha value is -4.32. The zero-order valence-corrected chi connectivity index (χ0v) is 22.8. The first kappa shape index (κ1) is 32.2. The topological polar surface area (TPSA) is 117 Å². The van der Waals surface area contributed by atoms with Crippen LogP contribution < -0.4 is 10.6 Å². The standard InChI is InChI=1S/C29H33F2N5O5.CH4/c1-35(26(37)12-10-21-8-5-9-23(30)28(21)31)22(11-13-27(38)36-16-14-32-15-17-36)19-40-29(39)33-25-18-24(34-41-25)20-6-3-2-4-7-20;/h2-9,18,22,32H,10-17,19H2,1H3,(H,33,39);1H4/t22-;/m0./s1. The number of carbonyl (C=O) groups excluding carboxylic acids is 3. The Morgan fingerprint density at radius 3 is 2.57 bits per heavy atom. The van der Waals surface area contributed by atoms with Gasteiger partial charge in [0.25, 0.3) is 0 Å². The van der Waals surface area contributed by atoms with Crippen LogP contribution in [0, 0.1) is 11.6 Å². The van der Waals surface area contributed by atoms with Crippen LogP contribution in [0.4, 0.5) is 19.5 Å². The van der Waals surface area contributed by atoms with Gasteiger partial charge in [-0.05, 0) is 24.5 Å². The molecule has 1 fully saturated rings. The minimum absolute atomic E-state index is 0. The number of anilines is 1.